The molecule has 0 aliphatic carbocycles. The standard InChI is InChI=1S/C11H18O4S2/c1-3-17(13,14)8-4-5-9(12)11-10(15-2)6-7-16-11/h6-7,9,12H,3-5,8H2,1-2H3. The number of ether oxygens (including phenoxy) is 1. The van der Waals surface area contributed by atoms with Gasteiger partial charge in [0.2, 0.25) is 0 Å². The maximum Gasteiger partial charge on any atom is 0.150 e. The van der Waals surface area contributed by atoms with E-state index in [0.29, 0.717) is 18.6 Å². The summed E-state index contributed by atoms with van der Waals surface area (Å²) in [7, 11) is -1.38. The lowest BCUT2D eigenvalue weighted by atomic mass is 10.2. The van der Waals surface area contributed by atoms with Gasteiger partial charge in [-0.05, 0) is 24.3 Å². The summed E-state index contributed by atoms with van der Waals surface area (Å²) < 4.78 is 27.7. The Morgan fingerprint density at radius 1 is 1.53 bits per heavy atom. The van der Waals surface area contributed by atoms with Gasteiger partial charge in [-0.3, -0.25) is 0 Å². The van der Waals surface area contributed by atoms with Crippen LogP contribution in [0.1, 0.15) is 30.7 Å². The van der Waals surface area contributed by atoms with E-state index in [2.05, 4.69) is 0 Å². The fraction of sp³-hybridized carbons (Fsp3) is 0.636. The summed E-state index contributed by atoms with van der Waals surface area (Å²) in [6.07, 6.45) is 0.270. The number of sulfone groups is 1. The van der Waals surface area contributed by atoms with Gasteiger partial charge >= 0.3 is 0 Å². The number of hydrogen-bond donors (Lipinski definition) is 1. The van der Waals surface area contributed by atoms with E-state index >= 15 is 0 Å². The molecule has 17 heavy (non-hydrogen) atoms. The lowest BCUT2D eigenvalue weighted by Crippen LogP contribution is -2.09. The zero-order valence-corrected chi connectivity index (χ0v) is 11.7. The van der Waals surface area contributed by atoms with E-state index in [1.54, 1.807) is 20.1 Å². The normalized spacial score (nSPS) is 13.6. The number of aliphatic hydroxyl groups excluding tert-OH is 1. The quantitative estimate of drug-likeness (QED) is 0.828. The van der Waals surface area contributed by atoms with Crippen molar-refractivity contribution in [2.45, 2.75) is 25.9 Å². The second-order valence-electron chi connectivity index (χ2n) is 3.75. The van der Waals surface area contributed by atoms with Gasteiger partial charge in [-0.15, -0.1) is 11.3 Å². The van der Waals surface area contributed by atoms with Crippen LogP contribution in [0.3, 0.4) is 0 Å². The van der Waals surface area contributed by atoms with Gasteiger partial charge in [0, 0.05) is 5.75 Å². The van der Waals surface area contributed by atoms with E-state index in [9.17, 15) is 13.5 Å². The molecule has 0 saturated carbocycles. The molecular weight excluding hydrogens is 260 g/mol. The van der Waals surface area contributed by atoms with Crippen LogP contribution < -0.4 is 4.74 Å². The third-order valence-electron chi connectivity index (χ3n) is 2.55. The number of rotatable bonds is 7. The average Bonchev–Trinajstić information content (AvgIpc) is 2.76. The van der Waals surface area contributed by atoms with Crippen molar-refractivity contribution in [2.24, 2.45) is 0 Å². The number of aliphatic hydroxyl groups is 1. The zero-order valence-electron chi connectivity index (χ0n) is 10.0. The predicted molar refractivity (Wildman–Crippen MR) is 69.4 cm³/mol. The van der Waals surface area contributed by atoms with Crippen LogP contribution in [-0.2, 0) is 9.84 Å². The molecule has 98 valence electrons. The van der Waals surface area contributed by atoms with Crippen molar-refractivity contribution in [3.05, 3.63) is 16.3 Å². The molecule has 0 saturated heterocycles. The highest BCUT2D eigenvalue weighted by Gasteiger charge is 2.16. The molecule has 0 amide bonds. The molecular formula is C11H18O4S2. The minimum atomic E-state index is -2.94. The molecule has 4 nitrogen and oxygen atoms in total. The Bertz CT molecular complexity index is 436. The fourth-order valence-corrected chi connectivity index (χ4v) is 3.27. The second-order valence-corrected chi connectivity index (χ2v) is 7.17. The van der Waals surface area contributed by atoms with E-state index in [0.717, 1.165) is 4.88 Å². The molecule has 1 atom stereocenters. The van der Waals surface area contributed by atoms with Gasteiger partial charge in [-0.25, -0.2) is 8.42 Å². The van der Waals surface area contributed by atoms with Crippen LogP contribution in [0.5, 0.6) is 5.75 Å². The zero-order chi connectivity index (χ0) is 12.9. The molecule has 0 bridgehead atoms. The van der Waals surface area contributed by atoms with Gasteiger partial charge in [-0.2, -0.15) is 0 Å². The molecule has 1 N–H and O–H groups in total. The van der Waals surface area contributed by atoms with Crippen molar-refractivity contribution in [3.8, 4) is 5.75 Å². The van der Waals surface area contributed by atoms with Crippen LogP contribution in [0.25, 0.3) is 0 Å². The average molecular weight is 278 g/mol. The molecule has 1 aromatic heterocycles. The first kappa shape index (κ1) is 14.5. The van der Waals surface area contributed by atoms with Crippen molar-refractivity contribution in [1.29, 1.82) is 0 Å². The Hall–Kier alpha value is -0.590. The second kappa shape index (κ2) is 6.37. The third kappa shape index (κ3) is 4.29. The summed E-state index contributed by atoms with van der Waals surface area (Å²) in [6.45, 7) is 1.63. The number of hydrogen-bond acceptors (Lipinski definition) is 5. The van der Waals surface area contributed by atoms with E-state index < -0.39 is 15.9 Å². The summed E-state index contributed by atoms with van der Waals surface area (Å²) in [6, 6.07) is 1.80. The van der Waals surface area contributed by atoms with Gasteiger partial charge in [0.05, 0.1) is 23.8 Å². The Morgan fingerprint density at radius 3 is 2.82 bits per heavy atom. The smallest absolute Gasteiger partial charge is 0.150 e. The van der Waals surface area contributed by atoms with Crippen molar-refractivity contribution in [2.75, 3.05) is 18.6 Å². The number of thiophene rings is 1. The van der Waals surface area contributed by atoms with E-state index in [1.807, 2.05) is 5.38 Å². The molecule has 0 aromatic carbocycles. The Kier molecular flexibility index (Phi) is 5.42. The summed E-state index contributed by atoms with van der Waals surface area (Å²) in [4.78, 5) is 0.765. The molecule has 0 spiro atoms. The highest BCUT2D eigenvalue weighted by molar-refractivity contribution is 7.91. The van der Waals surface area contributed by atoms with Gasteiger partial charge in [0.15, 0.2) is 0 Å². The molecule has 1 unspecified atom stereocenters. The van der Waals surface area contributed by atoms with Crippen molar-refractivity contribution >= 4 is 21.2 Å². The van der Waals surface area contributed by atoms with Crippen LogP contribution >= 0.6 is 11.3 Å². The van der Waals surface area contributed by atoms with Crippen LogP contribution in [-0.4, -0.2) is 32.1 Å². The maximum atomic E-state index is 11.3. The van der Waals surface area contributed by atoms with Crippen LogP contribution in [0.4, 0.5) is 0 Å². The molecule has 0 fully saturated rings. The summed E-state index contributed by atoms with van der Waals surface area (Å²) >= 11 is 1.42. The Labute approximate surface area is 106 Å². The highest BCUT2D eigenvalue weighted by atomic mass is 32.2. The van der Waals surface area contributed by atoms with Crippen LogP contribution in [0, 0.1) is 0 Å². The lowest BCUT2D eigenvalue weighted by Gasteiger charge is -2.10. The van der Waals surface area contributed by atoms with Gasteiger partial charge in [-0.1, -0.05) is 6.92 Å². The molecule has 1 heterocycles. The van der Waals surface area contributed by atoms with Gasteiger partial charge < -0.3 is 9.84 Å². The summed E-state index contributed by atoms with van der Waals surface area (Å²) in [5.41, 5.74) is 0. The minimum absolute atomic E-state index is 0.133. The summed E-state index contributed by atoms with van der Waals surface area (Å²) in [5.74, 6) is 0.959. The molecule has 0 radical (unpaired) electrons. The first-order valence-corrected chi connectivity index (χ1v) is 8.20. The molecule has 1 aromatic rings. The van der Waals surface area contributed by atoms with Gasteiger partial charge in [0.1, 0.15) is 15.6 Å². The van der Waals surface area contributed by atoms with E-state index in [-0.39, 0.29) is 11.5 Å². The van der Waals surface area contributed by atoms with Crippen LogP contribution in [0.15, 0.2) is 11.4 Å². The summed E-state index contributed by atoms with van der Waals surface area (Å²) in [5, 5.41) is 11.8. The lowest BCUT2D eigenvalue weighted by molar-refractivity contribution is 0.167. The van der Waals surface area contributed by atoms with Crippen molar-refractivity contribution in [1.82, 2.24) is 0 Å². The van der Waals surface area contributed by atoms with E-state index in [1.165, 1.54) is 11.3 Å². The number of methoxy groups -OCH3 is 1. The SMILES string of the molecule is CCS(=O)(=O)CCCC(O)c1sccc1OC. The molecule has 6 heteroatoms. The van der Waals surface area contributed by atoms with E-state index in [4.69, 9.17) is 4.74 Å². The fourth-order valence-electron chi connectivity index (χ4n) is 1.49. The van der Waals surface area contributed by atoms with Crippen LogP contribution in [0.2, 0.25) is 0 Å². The molecule has 0 aliphatic rings. The Morgan fingerprint density at radius 2 is 2.24 bits per heavy atom. The van der Waals surface area contributed by atoms with Crippen molar-refractivity contribution in [3.63, 3.8) is 0 Å². The minimum Gasteiger partial charge on any atom is -0.495 e. The Balaban J connectivity index is 2.48. The molecule has 0 aliphatic heterocycles. The van der Waals surface area contributed by atoms with Crippen molar-refractivity contribution < 1.29 is 18.3 Å². The largest absolute Gasteiger partial charge is 0.495 e. The maximum absolute atomic E-state index is 11.3. The predicted octanol–water partition coefficient (Wildman–Crippen LogP) is 2.00. The third-order valence-corrected chi connectivity index (χ3v) is 5.34. The topological polar surface area (TPSA) is 63.6 Å². The first-order chi connectivity index (χ1) is 8.00. The molecule has 1 rings (SSSR count). The highest BCUT2D eigenvalue weighted by Crippen LogP contribution is 2.33. The first-order valence-electron chi connectivity index (χ1n) is 5.50. The monoisotopic (exact) mass is 278 g/mol. The van der Waals surface area contributed by atoms with Gasteiger partial charge in [0.25, 0.3) is 0 Å².